The number of carbonyl (C=O) groups excluding carboxylic acids is 1. The highest BCUT2D eigenvalue weighted by molar-refractivity contribution is 7.99. The van der Waals surface area contributed by atoms with Gasteiger partial charge in [0.25, 0.3) is 0 Å². The van der Waals surface area contributed by atoms with Crippen molar-refractivity contribution in [2.75, 3.05) is 12.4 Å². The standard InChI is InChI=1S/C9H9FO2S/c10-8-5-7(6-12)1-2-9(8)13-4-3-11/h1-2,5-6,11H,3-4H2. The fourth-order valence-corrected chi connectivity index (χ4v) is 1.54. The Bertz CT molecular complexity index is 302. The number of hydrogen-bond donors (Lipinski definition) is 1. The van der Waals surface area contributed by atoms with E-state index in [0.29, 0.717) is 22.5 Å². The van der Waals surface area contributed by atoms with Crippen LogP contribution in [0.15, 0.2) is 23.1 Å². The maximum absolute atomic E-state index is 13.1. The summed E-state index contributed by atoms with van der Waals surface area (Å²) in [6.45, 7) is 0.0134. The zero-order chi connectivity index (χ0) is 9.68. The van der Waals surface area contributed by atoms with Gasteiger partial charge in [0.15, 0.2) is 0 Å². The highest BCUT2D eigenvalue weighted by Gasteiger charge is 2.02. The molecule has 0 bridgehead atoms. The van der Waals surface area contributed by atoms with Crippen LogP contribution >= 0.6 is 11.8 Å². The van der Waals surface area contributed by atoms with Crippen molar-refractivity contribution in [3.63, 3.8) is 0 Å². The Balaban J connectivity index is 2.79. The lowest BCUT2D eigenvalue weighted by molar-refractivity contribution is 0.112. The smallest absolute Gasteiger partial charge is 0.150 e. The number of halogens is 1. The third-order valence-electron chi connectivity index (χ3n) is 1.44. The highest BCUT2D eigenvalue weighted by Crippen LogP contribution is 2.21. The average molecular weight is 200 g/mol. The van der Waals surface area contributed by atoms with Crippen molar-refractivity contribution >= 4 is 18.0 Å². The van der Waals surface area contributed by atoms with Crippen LogP contribution in [0.5, 0.6) is 0 Å². The largest absolute Gasteiger partial charge is 0.396 e. The minimum absolute atomic E-state index is 0.0134. The van der Waals surface area contributed by atoms with Gasteiger partial charge in [-0.2, -0.15) is 0 Å². The summed E-state index contributed by atoms with van der Waals surface area (Å²) in [4.78, 5) is 10.7. The lowest BCUT2D eigenvalue weighted by atomic mass is 10.2. The number of aldehydes is 1. The van der Waals surface area contributed by atoms with Crippen molar-refractivity contribution in [3.05, 3.63) is 29.6 Å². The van der Waals surface area contributed by atoms with Crippen LogP contribution in [0.25, 0.3) is 0 Å². The lowest BCUT2D eigenvalue weighted by Crippen LogP contribution is -1.89. The van der Waals surface area contributed by atoms with Crippen LogP contribution in [0.1, 0.15) is 10.4 Å². The maximum Gasteiger partial charge on any atom is 0.150 e. The fraction of sp³-hybridized carbons (Fsp3) is 0.222. The van der Waals surface area contributed by atoms with E-state index in [2.05, 4.69) is 0 Å². The molecule has 0 aromatic heterocycles. The summed E-state index contributed by atoms with van der Waals surface area (Å²) in [7, 11) is 0. The highest BCUT2D eigenvalue weighted by atomic mass is 32.2. The molecule has 0 unspecified atom stereocenters. The molecule has 1 aromatic carbocycles. The molecule has 1 N–H and O–H groups in total. The van der Waals surface area contributed by atoms with E-state index in [1.165, 1.54) is 17.8 Å². The van der Waals surface area contributed by atoms with Gasteiger partial charge in [-0.15, -0.1) is 11.8 Å². The molecular weight excluding hydrogens is 191 g/mol. The fourth-order valence-electron chi connectivity index (χ4n) is 0.863. The minimum Gasteiger partial charge on any atom is -0.396 e. The Morgan fingerprint density at radius 1 is 1.54 bits per heavy atom. The number of thioether (sulfide) groups is 1. The molecule has 2 nitrogen and oxygen atoms in total. The molecule has 0 radical (unpaired) electrons. The summed E-state index contributed by atoms with van der Waals surface area (Å²) in [5, 5.41) is 8.52. The zero-order valence-electron chi connectivity index (χ0n) is 6.87. The van der Waals surface area contributed by atoms with E-state index < -0.39 is 5.82 Å². The summed E-state index contributed by atoms with van der Waals surface area (Å²) in [6.07, 6.45) is 0.601. The number of rotatable bonds is 4. The van der Waals surface area contributed by atoms with Crippen molar-refractivity contribution in [1.29, 1.82) is 0 Å². The summed E-state index contributed by atoms with van der Waals surface area (Å²) >= 11 is 1.23. The molecule has 0 aliphatic carbocycles. The quantitative estimate of drug-likeness (QED) is 0.594. The Kier molecular flexibility index (Phi) is 3.92. The van der Waals surface area contributed by atoms with Gasteiger partial charge in [-0.3, -0.25) is 4.79 Å². The molecule has 0 fully saturated rings. The van der Waals surface area contributed by atoms with Crippen molar-refractivity contribution < 1.29 is 14.3 Å². The zero-order valence-corrected chi connectivity index (χ0v) is 7.68. The van der Waals surface area contributed by atoms with Crippen LogP contribution in [0.3, 0.4) is 0 Å². The van der Waals surface area contributed by atoms with Gasteiger partial charge in [-0.25, -0.2) is 4.39 Å². The van der Waals surface area contributed by atoms with Crippen LogP contribution in [0.2, 0.25) is 0 Å². The SMILES string of the molecule is O=Cc1ccc(SCCO)c(F)c1. The summed E-state index contributed by atoms with van der Waals surface area (Å²) < 4.78 is 13.1. The molecule has 0 aliphatic rings. The van der Waals surface area contributed by atoms with Crippen LogP contribution in [0.4, 0.5) is 4.39 Å². The normalized spacial score (nSPS) is 10.0. The first kappa shape index (κ1) is 10.2. The average Bonchev–Trinajstić information content (AvgIpc) is 2.16. The van der Waals surface area contributed by atoms with Crippen molar-refractivity contribution in [2.45, 2.75) is 4.90 Å². The van der Waals surface area contributed by atoms with Crippen molar-refractivity contribution in [2.24, 2.45) is 0 Å². The number of aliphatic hydroxyl groups excluding tert-OH is 1. The predicted octanol–water partition coefficient (Wildman–Crippen LogP) is 1.72. The summed E-state index contributed by atoms with van der Waals surface area (Å²) in [5.41, 5.74) is 0.325. The van der Waals surface area contributed by atoms with E-state index in [9.17, 15) is 9.18 Å². The Morgan fingerprint density at radius 2 is 2.31 bits per heavy atom. The Morgan fingerprint density at radius 3 is 2.85 bits per heavy atom. The maximum atomic E-state index is 13.1. The van der Waals surface area contributed by atoms with Gasteiger partial charge in [0.1, 0.15) is 12.1 Å². The van der Waals surface area contributed by atoms with E-state index in [0.717, 1.165) is 0 Å². The predicted molar refractivity (Wildman–Crippen MR) is 49.6 cm³/mol. The molecular formula is C9H9FO2S. The van der Waals surface area contributed by atoms with Crippen LogP contribution in [-0.4, -0.2) is 23.8 Å². The van der Waals surface area contributed by atoms with E-state index in [1.54, 1.807) is 12.1 Å². The number of benzene rings is 1. The molecule has 0 saturated heterocycles. The van der Waals surface area contributed by atoms with Gasteiger partial charge in [0.2, 0.25) is 0 Å². The summed E-state index contributed by atoms with van der Waals surface area (Å²) in [5.74, 6) is 0.0419. The molecule has 0 atom stereocenters. The summed E-state index contributed by atoms with van der Waals surface area (Å²) in [6, 6.07) is 4.28. The van der Waals surface area contributed by atoms with E-state index in [-0.39, 0.29) is 6.61 Å². The monoisotopic (exact) mass is 200 g/mol. The van der Waals surface area contributed by atoms with Crippen LogP contribution < -0.4 is 0 Å². The van der Waals surface area contributed by atoms with E-state index in [4.69, 9.17) is 5.11 Å². The Hall–Kier alpha value is -0.870. The number of hydrogen-bond acceptors (Lipinski definition) is 3. The lowest BCUT2D eigenvalue weighted by Gasteiger charge is -2.01. The van der Waals surface area contributed by atoms with Gasteiger partial charge in [-0.1, -0.05) is 6.07 Å². The molecule has 1 aromatic rings. The van der Waals surface area contributed by atoms with Gasteiger partial charge in [0.05, 0.1) is 6.61 Å². The molecule has 0 aliphatic heterocycles. The van der Waals surface area contributed by atoms with Crippen LogP contribution in [-0.2, 0) is 0 Å². The van der Waals surface area contributed by atoms with Gasteiger partial charge in [-0.05, 0) is 12.1 Å². The third-order valence-corrected chi connectivity index (χ3v) is 2.47. The van der Waals surface area contributed by atoms with Gasteiger partial charge < -0.3 is 5.11 Å². The Labute approximate surface area is 79.8 Å². The second kappa shape index (κ2) is 4.99. The van der Waals surface area contributed by atoms with E-state index in [1.807, 2.05) is 0 Å². The topological polar surface area (TPSA) is 37.3 Å². The molecule has 0 saturated carbocycles. The first-order valence-corrected chi connectivity index (χ1v) is 4.75. The van der Waals surface area contributed by atoms with E-state index >= 15 is 0 Å². The molecule has 1 rings (SSSR count). The van der Waals surface area contributed by atoms with Gasteiger partial charge >= 0.3 is 0 Å². The van der Waals surface area contributed by atoms with Gasteiger partial charge in [0, 0.05) is 16.2 Å². The second-order valence-corrected chi connectivity index (χ2v) is 3.52. The number of aliphatic hydroxyl groups is 1. The van der Waals surface area contributed by atoms with Crippen LogP contribution in [0, 0.1) is 5.82 Å². The molecule has 70 valence electrons. The second-order valence-electron chi connectivity index (χ2n) is 2.38. The van der Waals surface area contributed by atoms with Crippen molar-refractivity contribution in [1.82, 2.24) is 0 Å². The molecule has 4 heteroatoms. The first-order chi connectivity index (χ1) is 6.27. The molecule has 0 heterocycles. The molecule has 13 heavy (non-hydrogen) atoms. The first-order valence-electron chi connectivity index (χ1n) is 3.76. The van der Waals surface area contributed by atoms with Crippen molar-refractivity contribution in [3.8, 4) is 0 Å². The molecule has 0 spiro atoms. The third kappa shape index (κ3) is 2.82. The number of carbonyl (C=O) groups is 1. The molecule has 0 amide bonds. The minimum atomic E-state index is -0.414.